The van der Waals surface area contributed by atoms with E-state index in [0.29, 0.717) is 18.4 Å². The predicted molar refractivity (Wildman–Crippen MR) is 217 cm³/mol. The number of fused-ring (bicyclic) bond motifs is 13. The van der Waals surface area contributed by atoms with E-state index in [9.17, 15) is 0 Å². The standard InChI is InChI=1S/C48H30N4O/c1-3-13-29(14-4-1)32-23-24-34-37-28-41-42(43-36-20-10-11-21-38(36)51(46(37)43)40(34)27-32)35-19-9-12-22-39(35)52(41)48-49-45(31-16-5-2-6-17-31)44-33-18-8-7-15-30(33)25-26-53-47(44)50-48/h1-24,27-28H,25-26H2. The molecule has 0 amide bonds. The second-order valence-electron chi connectivity index (χ2n) is 14.0. The summed E-state index contributed by atoms with van der Waals surface area (Å²) in [5, 5.41) is 7.30. The minimum Gasteiger partial charge on any atom is -0.477 e. The molecule has 0 atom stereocenters. The molecule has 0 bridgehead atoms. The van der Waals surface area contributed by atoms with Crippen LogP contribution in [0.3, 0.4) is 0 Å². The molecule has 1 aliphatic heterocycles. The summed E-state index contributed by atoms with van der Waals surface area (Å²) >= 11 is 0. The monoisotopic (exact) mass is 678 g/mol. The Hall–Kier alpha value is -6.98. The van der Waals surface area contributed by atoms with Crippen molar-refractivity contribution in [3.05, 3.63) is 163 Å². The summed E-state index contributed by atoms with van der Waals surface area (Å²) < 4.78 is 11.3. The van der Waals surface area contributed by atoms with Crippen LogP contribution in [0.4, 0.5) is 0 Å². The van der Waals surface area contributed by atoms with E-state index >= 15 is 0 Å². The summed E-state index contributed by atoms with van der Waals surface area (Å²) in [7, 11) is 0. The van der Waals surface area contributed by atoms with E-state index in [1.54, 1.807) is 0 Å². The van der Waals surface area contributed by atoms with Crippen molar-refractivity contribution in [3.63, 3.8) is 0 Å². The van der Waals surface area contributed by atoms with Crippen LogP contribution in [-0.4, -0.2) is 25.5 Å². The molecular formula is C48H30N4O. The van der Waals surface area contributed by atoms with E-state index in [2.05, 4.69) is 161 Å². The van der Waals surface area contributed by atoms with Gasteiger partial charge in [0.1, 0.15) is 0 Å². The SMILES string of the molecule is c1ccc(-c2ccc3c4cc5c(c6ccccc6n5-c5nc6c(c(-c7ccccc7)n5)-c5ccccc5CCO6)c5c6ccccc6n(c3c2)c45)cc1. The number of nitrogens with zero attached hydrogens (tertiary/aromatic N) is 4. The Labute approximate surface area is 304 Å². The van der Waals surface area contributed by atoms with Crippen LogP contribution in [0.15, 0.2) is 158 Å². The highest BCUT2D eigenvalue weighted by Crippen LogP contribution is 2.48. The third kappa shape index (κ3) is 3.96. The summed E-state index contributed by atoms with van der Waals surface area (Å²) in [6.45, 7) is 0.550. The first-order valence-corrected chi connectivity index (χ1v) is 18.2. The van der Waals surface area contributed by atoms with Gasteiger partial charge in [0.15, 0.2) is 0 Å². The van der Waals surface area contributed by atoms with Gasteiger partial charge < -0.3 is 9.14 Å². The molecule has 0 fully saturated rings. The van der Waals surface area contributed by atoms with Crippen molar-refractivity contribution in [1.29, 1.82) is 0 Å². The Balaban J connectivity index is 1.23. The van der Waals surface area contributed by atoms with Gasteiger partial charge in [0.2, 0.25) is 11.8 Å². The summed E-state index contributed by atoms with van der Waals surface area (Å²) in [4.78, 5) is 10.8. The van der Waals surface area contributed by atoms with E-state index in [4.69, 9.17) is 14.7 Å². The summed E-state index contributed by atoms with van der Waals surface area (Å²) in [6.07, 6.45) is 0.808. The maximum absolute atomic E-state index is 6.55. The average molecular weight is 679 g/mol. The summed E-state index contributed by atoms with van der Waals surface area (Å²) in [5.74, 6) is 1.21. The highest BCUT2D eigenvalue weighted by atomic mass is 16.5. The molecule has 0 unspecified atom stereocenters. The molecule has 0 N–H and O–H groups in total. The van der Waals surface area contributed by atoms with Gasteiger partial charge in [-0.15, -0.1) is 0 Å². The van der Waals surface area contributed by atoms with Crippen molar-refractivity contribution in [3.8, 4) is 45.3 Å². The number of hydrogen-bond donors (Lipinski definition) is 0. The molecule has 53 heavy (non-hydrogen) atoms. The van der Waals surface area contributed by atoms with Crippen LogP contribution in [-0.2, 0) is 6.42 Å². The van der Waals surface area contributed by atoms with Gasteiger partial charge in [0.05, 0.1) is 45.4 Å². The third-order valence-corrected chi connectivity index (χ3v) is 11.2. The molecule has 248 valence electrons. The molecule has 0 aliphatic carbocycles. The first-order valence-electron chi connectivity index (χ1n) is 18.2. The first kappa shape index (κ1) is 28.7. The molecule has 5 heterocycles. The third-order valence-electron chi connectivity index (χ3n) is 11.2. The van der Waals surface area contributed by atoms with Crippen LogP contribution in [0.2, 0.25) is 0 Å². The predicted octanol–water partition coefficient (Wildman–Crippen LogP) is 11.7. The van der Waals surface area contributed by atoms with Gasteiger partial charge in [-0.1, -0.05) is 133 Å². The quantitative estimate of drug-likeness (QED) is 0.187. The Bertz CT molecular complexity index is 3250. The van der Waals surface area contributed by atoms with Crippen molar-refractivity contribution in [2.45, 2.75) is 6.42 Å². The highest BCUT2D eigenvalue weighted by molar-refractivity contribution is 6.35. The number of benzene rings is 7. The van der Waals surface area contributed by atoms with Crippen LogP contribution in [0.25, 0.3) is 99.4 Å². The van der Waals surface area contributed by atoms with Gasteiger partial charge in [0, 0.05) is 44.3 Å². The van der Waals surface area contributed by atoms with Crippen LogP contribution in [0.5, 0.6) is 5.88 Å². The molecule has 0 saturated heterocycles. The zero-order valence-corrected chi connectivity index (χ0v) is 28.6. The number of para-hydroxylation sites is 2. The number of ether oxygens (including phenoxy) is 1. The van der Waals surface area contributed by atoms with Crippen molar-refractivity contribution in [1.82, 2.24) is 18.9 Å². The summed E-state index contributed by atoms with van der Waals surface area (Å²) in [5.41, 5.74) is 13.4. The second kappa shape index (κ2) is 10.8. The first-order chi connectivity index (χ1) is 26.3. The molecule has 11 aromatic rings. The van der Waals surface area contributed by atoms with Crippen LogP contribution >= 0.6 is 0 Å². The number of rotatable bonds is 3. The fourth-order valence-electron chi connectivity index (χ4n) is 8.96. The molecule has 4 aromatic heterocycles. The largest absolute Gasteiger partial charge is 0.477 e. The topological polar surface area (TPSA) is 44.3 Å². The van der Waals surface area contributed by atoms with E-state index in [1.807, 2.05) is 6.07 Å². The van der Waals surface area contributed by atoms with E-state index in [-0.39, 0.29) is 0 Å². The zero-order valence-electron chi connectivity index (χ0n) is 28.6. The lowest BCUT2D eigenvalue weighted by Gasteiger charge is -2.16. The molecule has 7 aromatic carbocycles. The van der Waals surface area contributed by atoms with E-state index < -0.39 is 0 Å². The number of aromatic nitrogens is 4. The van der Waals surface area contributed by atoms with Gasteiger partial charge in [0.25, 0.3) is 0 Å². The molecule has 5 heteroatoms. The van der Waals surface area contributed by atoms with Crippen molar-refractivity contribution < 1.29 is 4.74 Å². The molecule has 0 saturated carbocycles. The maximum atomic E-state index is 6.55. The van der Waals surface area contributed by atoms with Gasteiger partial charge >= 0.3 is 0 Å². The number of hydrogen-bond acceptors (Lipinski definition) is 3. The van der Waals surface area contributed by atoms with Crippen LogP contribution < -0.4 is 4.74 Å². The lowest BCUT2D eigenvalue weighted by atomic mass is 9.95. The Morgan fingerprint density at radius 3 is 2.02 bits per heavy atom. The minimum atomic E-state index is 0.550. The maximum Gasteiger partial charge on any atom is 0.238 e. The van der Waals surface area contributed by atoms with Crippen molar-refractivity contribution in [2.75, 3.05) is 6.61 Å². The fraction of sp³-hybridized carbons (Fsp3) is 0.0417. The molecule has 12 rings (SSSR count). The van der Waals surface area contributed by atoms with Gasteiger partial charge in [-0.05, 0) is 46.5 Å². The lowest BCUT2D eigenvalue weighted by molar-refractivity contribution is 0.313. The average Bonchev–Trinajstić information content (AvgIpc) is 3.80. The minimum absolute atomic E-state index is 0.550. The highest BCUT2D eigenvalue weighted by Gasteiger charge is 2.28. The second-order valence-corrected chi connectivity index (χ2v) is 14.0. The molecule has 0 radical (unpaired) electrons. The smallest absolute Gasteiger partial charge is 0.238 e. The summed E-state index contributed by atoms with van der Waals surface area (Å²) in [6, 6.07) is 56.4. The van der Waals surface area contributed by atoms with Crippen LogP contribution in [0, 0.1) is 0 Å². The van der Waals surface area contributed by atoms with E-state index in [1.165, 1.54) is 65.6 Å². The normalized spacial score (nSPS) is 12.9. The molecule has 5 nitrogen and oxygen atoms in total. The zero-order chi connectivity index (χ0) is 34.6. The Morgan fingerprint density at radius 2 is 1.19 bits per heavy atom. The molecule has 1 aliphatic rings. The fourth-order valence-corrected chi connectivity index (χ4v) is 8.96. The van der Waals surface area contributed by atoms with Crippen molar-refractivity contribution >= 4 is 59.9 Å². The van der Waals surface area contributed by atoms with Gasteiger partial charge in [-0.3, -0.25) is 4.57 Å². The van der Waals surface area contributed by atoms with Gasteiger partial charge in [-0.2, -0.15) is 4.98 Å². The van der Waals surface area contributed by atoms with Crippen LogP contribution in [0.1, 0.15) is 5.56 Å². The molecule has 0 spiro atoms. The lowest BCUT2D eigenvalue weighted by Crippen LogP contribution is -2.07. The Morgan fingerprint density at radius 1 is 0.491 bits per heavy atom. The molecular weight excluding hydrogens is 649 g/mol. The van der Waals surface area contributed by atoms with E-state index in [0.717, 1.165) is 39.8 Å². The Kier molecular flexibility index (Phi) is 5.83. The van der Waals surface area contributed by atoms with Crippen molar-refractivity contribution in [2.24, 2.45) is 0 Å². The van der Waals surface area contributed by atoms with Gasteiger partial charge in [-0.25, -0.2) is 4.98 Å².